The quantitative estimate of drug-likeness (QED) is 0.116. The van der Waals surface area contributed by atoms with Crippen molar-refractivity contribution in [2.45, 2.75) is 6.42 Å². The summed E-state index contributed by atoms with van der Waals surface area (Å²) in [4.78, 5) is 37.9. The molecule has 0 saturated carbocycles. The van der Waals surface area contributed by atoms with E-state index in [2.05, 4.69) is 10.5 Å². The third-order valence-corrected chi connectivity index (χ3v) is 6.04. The van der Waals surface area contributed by atoms with Crippen LogP contribution in [0.2, 0.25) is 0 Å². The number of fused-ring (bicyclic) bond motifs is 1. The minimum absolute atomic E-state index is 0.110. The monoisotopic (exact) mass is 528 g/mol. The highest BCUT2D eigenvalue weighted by Crippen LogP contribution is 2.26. The van der Waals surface area contributed by atoms with Crippen LogP contribution < -0.4 is 14.9 Å². The highest BCUT2D eigenvalue weighted by molar-refractivity contribution is 5.95. The molecule has 7 nitrogen and oxygen atoms in total. The fourth-order valence-corrected chi connectivity index (χ4v) is 4.08. The van der Waals surface area contributed by atoms with E-state index in [0.29, 0.717) is 16.7 Å². The van der Waals surface area contributed by atoms with Crippen LogP contribution in [0.25, 0.3) is 10.8 Å². The molecule has 0 aromatic heterocycles. The van der Waals surface area contributed by atoms with Gasteiger partial charge in [-0.25, -0.2) is 15.0 Å². The van der Waals surface area contributed by atoms with Crippen LogP contribution in [0.1, 0.15) is 31.8 Å². The fraction of sp³-hybridized carbons (Fsp3) is 0.0303. The van der Waals surface area contributed by atoms with Crippen LogP contribution in [0.4, 0.5) is 0 Å². The van der Waals surface area contributed by atoms with E-state index in [1.165, 1.54) is 12.3 Å². The summed E-state index contributed by atoms with van der Waals surface area (Å²) in [5.74, 6) is -1.16. The molecule has 7 heteroatoms. The Bertz CT molecular complexity index is 1690. The Balaban J connectivity index is 1.33. The number of nitrogens with one attached hydrogen (secondary N) is 1. The molecule has 196 valence electrons. The molecular formula is C33H24N2O5. The minimum atomic E-state index is -0.596. The number of carbonyl (C=O) groups is 3. The molecule has 0 unspecified atom stereocenters. The first-order valence-corrected chi connectivity index (χ1v) is 12.5. The van der Waals surface area contributed by atoms with Crippen LogP contribution in [0.5, 0.6) is 11.5 Å². The van der Waals surface area contributed by atoms with Crippen molar-refractivity contribution in [3.63, 3.8) is 0 Å². The van der Waals surface area contributed by atoms with Gasteiger partial charge in [-0.2, -0.15) is 5.10 Å². The summed E-state index contributed by atoms with van der Waals surface area (Å²) < 4.78 is 11.1. The van der Waals surface area contributed by atoms with Gasteiger partial charge in [0.15, 0.2) is 0 Å². The molecule has 0 heterocycles. The molecule has 0 saturated heterocycles. The van der Waals surface area contributed by atoms with E-state index in [1.807, 2.05) is 42.5 Å². The van der Waals surface area contributed by atoms with Crippen molar-refractivity contribution in [2.24, 2.45) is 5.10 Å². The lowest BCUT2D eigenvalue weighted by Crippen LogP contribution is -2.20. The number of rotatable bonds is 8. The van der Waals surface area contributed by atoms with Gasteiger partial charge in [-0.3, -0.25) is 4.79 Å². The molecule has 5 aromatic carbocycles. The van der Waals surface area contributed by atoms with Crippen molar-refractivity contribution in [1.29, 1.82) is 0 Å². The van der Waals surface area contributed by atoms with Crippen LogP contribution in [-0.2, 0) is 11.2 Å². The van der Waals surface area contributed by atoms with Gasteiger partial charge < -0.3 is 9.47 Å². The second-order valence-corrected chi connectivity index (χ2v) is 8.82. The molecule has 0 atom stereocenters. The van der Waals surface area contributed by atoms with Gasteiger partial charge in [0.1, 0.15) is 11.5 Å². The largest absolute Gasteiger partial charge is 0.423 e. The van der Waals surface area contributed by atoms with Crippen LogP contribution >= 0.6 is 0 Å². The molecular weight excluding hydrogens is 504 g/mol. The van der Waals surface area contributed by atoms with Gasteiger partial charge in [0.05, 0.1) is 23.8 Å². The first-order valence-electron chi connectivity index (χ1n) is 12.5. The van der Waals surface area contributed by atoms with E-state index < -0.39 is 11.9 Å². The van der Waals surface area contributed by atoms with Crippen molar-refractivity contribution >= 4 is 34.8 Å². The maximum Gasteiger partial charge on any atom is 0.343 e. The molecule has 0 radical (unpaired) electrons. The van der Waals surface area contributed by atoms with Gasteiger partial charge in [0.2, 0.25) is 5.91 Å². The molecule has 0 aliphatic heterocycles. The summed E-state index contributed by atoms with van der Waals surface area (Å²) >= 11 is 0. The third-order valence-electron chi connectivity index (χ3n) is 6.04. The maximum atomic E-state index is 12.8. The Morgan fingerprint density at radius 2 is 1.30 bits per heavy atom. The van der Waals surface area contributed by atoms with E-state index in [4.69, 9.17) is 9.47 Å². The standard InChI is InChI=1S/C33H24N2O5/c36-31(20-26-16-9-15-23-10-7-8-17-29(23)26)35-34-22-27-18-19-28(39-32(37)24-11-3-1-4-12-24)21-30(27)40-33(38)25-13-5-2-6-14-25/h1-19,21-22H,20H2,(H,35,36)/b34-22-. The van der Waals surface area contributed by atoms with Gasteiger partial charge in [-0.15, -0.1) is 0 Å². The van der Waals surface area contributed by atoms with Gasteiger partial charge >= 0.3 is 11.9 Å². The molecule has 5 aromatic rings. The maximum absolute atomic E-state index is 12.8. The SMILES string of the molecule is O=C(Cc1cccc2ccccc12)N/N=C\c1ccc(OC(=O)c2ccccc2)cc1OC(=O)c1ccccc1. The van der Waals surface area contributed by atoms with Crippen molar-refractivity contribution < 1.29 is 23.9 Å². The second kappa shape index (κ2) is 12.3. The van der Waals surface area contributed by atoms with Crippen molar-refractivity contribution in [3.8, 4) is 11.5 Å². The van der Waals surface area contributed by atoms with E-state index in [0.717, 1.165) is 16.3 Å². The molecule has 5 rings (SSSR count). The van der Waals surface area contributed by atoms with Crippen molar-refractivity contribution in [1.82, 2.24) is 5.43 Å². The Hall–Kier alpha value is -5.56. The van der Waals surface area contributed by atoms with E-state index in [-0.39, 0.29) is 23.8 Å². The average molecular weight is 529 g/mol. The molecule has 0 aliphatic carbocycles. The van der Waals surface area contributed by atoms with E-state index >= 15 is 0 Å². The summed E-state index contributed by atoms with van der Waals surface area (Å²) in [5.41, 5.74) is 4.54. The summed E-state index contributed by atoms with van der Waals surface area (Å²) in [6, 6.07) is 35.3. The lowest BCUT2D eigenvalue weighted by molar-refractivity contribution is -0.120. The zero-order valence-corrected chi connectivity index (χ0v) is 21.3. The zero-order chi connectivity index (χ0) is 27.7. The summed E-state index contributed by atoms with van der Waals surface area (Å²) in [6.45, 7) is 0. The summed E-state index contributed by atoms with van der Waals surface area (Å²) in [7, 11) is 0. The first-order chi connectivity index (χ1) is 19.6. The third kappa shape index (κ3) is 6.46. The Morgan fingerprint density at radius 1 is 0.675 bits per heavy atom. The number of carbonyl (C=O) groups excluding carboxylic acids is 3. The number of nitrogens with zero attached hydrogens (tertiary/aromatic N) is 1. The van der Waals surface area contributed by atoms with Gasteiger partial charge in [0.25, 0.3) is 0 Å². The molecule has 0 fully saturated rings. The highest BCUT2D eigenvalue weighted by atomic mass is 16.5. The topological polar surface area (TPSA) is 94.1 Å². The minimum Gasteiger partial charge on any atom is -0.423 e. The summed E-state index contributed by atoms with van der Waals surface area (Å²) in [5, 5.41) is 6.12. The Morgan fingerprint density at radius 3 is 2.02 bits per heavy atom. The normalized spacial score (nSPS) is 10.8. The number of benzene rings is 5. The lowest BCUT2D eigenvalue weighted by Gasteiger charge is -2.11. The fourth-order valence-electron chi connectivity index (χ4n) is 4.08. The molecule has 1 amide bonds. The number of hydrazone groups is 1. The number of esters is 2. The van der Waals surface area contributed by atoms with Gasteiger partial charge in [-0.1, -0.05) is 78.9 Å². The van der Waals surface area contributed by atoms with Crippen molar-refractivity contribution in [3.05, 3.63) is 144 Å². The number of hydrogen-bond acceptors (Lipinski definition) is 6. The van der Waals surface area contributed by atoms with Crippen molar-refractivity contribution in [2.75, 3.05) is 0 Å². The zero-order valence-electron chi connectivity index (χ0n) is 21.3. The molecule has 1 N–H and O–H groups in total. The lowest BCUT2D eigenvalue weighted by atomic mass is 10.0. The number of amides is 1. The average Bonchev–Trinajstić information content (AvgIpc) is 2.99. The molecule has 0 aliphatic rings. The van der Waals surface area contributed by atoms with Gasteiger partial charge in [-0.05, 0) is 52.7 Å². The number of ether oxygens (including phenoxy) is 2. The predicted molar refractivity (Wildman–Crippen MR) is 153 cm³/mol. The first kappa shape index (κ1) is 26.1. The second-order valence-electron chi connectivity index (χ2n) is 8.82. The molecule has 40 heavy (non-hydrogen) atoms. The highest BCUT2D eigenvalue weighted by Gasteiger charge is 2.15. The molecule has 0 bridgehead atoms. The van der Waals surface area contributed by atoms with Crippen LogP contribution in [-0.4, -0.2) is 24.1 Å². The van der Waals surface area contributed by atoms with Gasteiger partial charge in [0, 0.05) is 11.6 Å². The predicted octanol–water partition coefficient (Wildman–Crippen LogP) is 5.97. The number of hydrogen-bond donors (Lipinski definition) is 1. The van der Waals surface area contributed by atoms with Crippen LogP contribution in [0, 0.1) is 0 Å². The summed E-state index contributed by atoms with van der Waals surface area (Å²) in [6.07, 6.45) is 1.51. The van der Waals surface area contributed by atoms with E-state index in [1.54, 1.807) is 72.8 Å². The smallest absolute Gasteiger partial charge is 0.343 e. The van der Waals surface area contributed by atoms with E-state index in [9.17, 15) is 14.4 Å². The molecule has 0 spiro atoms. The Labute approximate surface area is 230 Å². The van der Waals surface area contributed by atoms with Crippen LogP contribution in [0.3, 0.4) is 0 Å². The Kier molecular flexibility index (Phi) is 8.03. The van der Waals surface area contributed by atoms with Crippen LogP contribution in [0.15, 0.2) is 126 Å².